The molecule has 0 aliphatic carbocycles. The maximum absolute atomic E-state index is 11.9. The molecule has 0 aliphatic heterocycles. The van der Waals surface area contributed by atoms with E-state index in [4.69, 9.17) is 9.47 Å². The molecular formula is C18H19N3O3S. The van der Waals surface area contributed by atoms with E-state index in [0.29, 0.717) is 24.6 Å². The summed E-state index contributed by atoms with van der Waals surface area (Å²) in [5.41, 5.74) is 0.976. The number of ether oxygens (including phenoxy) is 2. The molecule has 0 spiro atoms. The van der Waals surface area contributed by atoms with E-state index in [1.165, 1.54) is 0 Å². The smallest absolute Gasteiger partial charge is 0.258 e. The van der Waals surface area contributed by atoms with Crippen LogP contribution in [0.25, 0.3) is 10.2 Å². The Kier molecular flexibility index (Phi) is 5.69. The van der Waals surface area contributed by atoms with Crippen LogP contribution in [0, 0.1) is 0 Å². The van der Waals surface area contributed by atoms with Gasteiger partial charge < -0.3 is 20.1 Å². The van der Waals surface area contributed by atoms with Crippen molar-refractivity contribution in [3.63, 3.8) is 0 Å². The number of para-hydroxylation sites is 3. The van der Waals surface area contributed by atoms with Crippen molar-refractivity contribution in [2.24, 2.45) is 0 Å². The van der Waals surface area contributed by atoms with E-state index in [-0.39, 0.29) is 12.5 Å². The van der Waals surface area contributed by atoms with Gasteiger partial charge in [-0.05, 0) is 24.3 Å². The fraction of sp³-hybridized carbons (Fsp3) is 0.222. The highest BCUT2D eigenvalue weighted by Gasteiger charge is 2.07. The van der Waals surface area contributed by atoms with Crippen LogP contribution >= 0.6 is 11.3 Å². The number of benzene rings is 2. The number of rotatable bonds is 8. The molecule has 25 heavy (non-hydrogen) atoms. The van der Waals surface area contributed by atoms with E-state index in [9.17, 15) is 4.79 Å². The van der Waals surface area contributed by atoms with Gasteiger partial charge in [0.15, 0.2) is 23.2 Å². The summed E-state index contributed by atoms with van der Waals surface area (Å²) in [7, 11) is 1.57. The van der Waals surface area contributed by atoms with Gasteiger partial charge in [0.2, 0.25) is 0 Å². The van der Waals surface area contributed by atoms with Gasteiger partial charge in [0.1, 0.15) is 0 Å². The highest BCUT2D eigenvalue weighted by molar-refractivity contribution is 7.22. The minimum absolute atomic E-state index is 0.0541. The molecule has 130 valence electrons. The Morgan fingerprint density at radius 3 is 2.64 bits per heavy atom. The van der Waals surface area contributed by atoms with E-state index in [0.717, 1.165) is 15.3 Å². The minimum Gasteiger partial charge on any atom is -0.493 e. The van der Waals surface area contributed by atoms with Crippen LogP contribution in [0.15, 0.2) is 48.5 Å². The van der Waals surface area contributed by atoms with Gasteiger partial charge in [-0.1, -0.05) is 35.6 Å². The number of fused-ring (bicyclic) bond motifs is 1. The van der Waals surface area contributed by atoms with E-state index in [1.807, 2.05) is 36.4 Å². The topological polar surface area (TPSA) is 72.5 Å². The minimum atomic E-state index is -0.183. The van der Waals surface area contributed by atoms with Crippen LogP contribution in [0.3, 0.4) is 0 Å². The number of nitrogens with one attached hydrogen (secondary N) is 2. The van der Waals surface area contributed by atoms with Gasteiger partial charge in [0.05, 0.1) is 17.3 Å². The summed E-state index contributed by atoms with van der Waals surface area (Å²) in [4.78, 5) is 16.3. The van der Waals surface area contributed by atoms with Crippen molar-refractivity contribution in [2.45, 2.75) is 0 Å². The zero-order chi connectivity index (χ0) is 17.5. The molecule has 0 atom stereocenters. The van der Waals surface area contributed by atoms with Crippen LogP contribution in [0.1, 0.15) is 0 Å². The van der Waals surface area contributed by atoms with Gasteiger partial charge in [-0.2, -0.15) is 0 Å². The van der Waals surface area contributed by atoms with Crippen molar-refractivity contribution in [1.82, 2.24) is 10.3 Å². The van der Waals surface area contributed by atoms with Crippen LogP contribution < -0.4 is 20.1 Å². The number of carbonyl (C=O) groups is 1. The van der Waals surface area contributed by atoms with E-state index < -0.39 is 0 Å². The van der Waals surface area contributed by atoms with Crippen LogP contribution in [0.2, 0.25) is 0 Å². The van der Waals surface area contributed by atoms with E-state index in [1.54, 1.807) is 30.6 Å². The second-order valence-electron chi connectivity index (χ2n) is 5.20. The van der Waals surface area contributed by atoms with Crippen LogP contribution in [0.5, 0.6) is 11.5 Å². The normalized spacial score (nSPS) is 10.4. The Bertz CT molecular complexity index is 817. The molecule has 2 aromatic carbocycles. The number of thiazole rings is 1. The second-order valence-corrected chi connectivity index (χ2v) is 6.23. The third kappa shape index (κ3) is 4.60. The summed E-state index contributed by atoms with van der Waals surface area (Å²) < 4.78 is 11.8. The molecule has 6 nitrogen and oxygen atoms in total. The summed E-state index contributed by atoms with van der Waals surface area (Å²) in [6.45, 7) is 1.03. The summed E-state index contributed by atoms with van der Waals surface area (Å²) in [6.07, 6.45) is 0. The van der Waals surface area contributed by atoms with Crippen molar-refractivity contribution >= 4 is 32.6 Å². The standard InChI is InChI=1S/C18H19N3O3S/c1-23-14-7-3-4-8-15(14)24-12-17(22)19-10-11-20-18-21-13-6-2-5-9-16(13)25-18/h2-9H,10-12H2,1H3,(H,19,22)(H,20,21). The first kappa shape index (κ1) is 17.0. The van der Waals surface area contributed by atoms with Crippen molar-refractivity contribution in [3.8, 4) is 11.5 Å². The molecule has 0 bridgehead atoms. The van der Waals surface area contributed by atoms with Crippen LogP contribution in [-0.4, -0.2) is 37.7 Å². The predicted molar refractivity (Wildman–Crippen MR) is 99.6 cm³/mol. The molecular weight excluding hydrogens is 338 g/mol. The molecule has 0 aliphatic rings. The lowest BCUT2D eigenvalue weighted by molar-refractivity contribution is -0.123. The van der Waals surface area contributed by atoms with Gasteiger partial charge in [-0.3, -0.25) is 4.79 Å². The average molecular weight is 357 g/mol. The number of anilines is 1. The zero-order valence-corrected chi connectivity index (χ0v) is 14.6. The molecule has 0 fully saturated rings. The third-order valence-electron chi connectivity index (χ3n) is 3.45. The van der Waals surface area contributed by atoms with Gasteiger partial charge in [-0.25, -0.2) is 4.98 Å². The van der Waals surface area contributed by atoms with Crippen LogP contribution in [0.4, 0.5) is 5.13 Å². The Morgan fingerprint density at radius 1 is 1.08 bits per heavy atom. The van der Waals surface area contributed by atoms with E-state index in [2.05, 4.69) is 15.6 Å². The number of hydrogen-bond donors (Lipinski definition) is 2. The zero-order valence-electron chi connectivity index (χ0n) is 13.8. The maximum atomic E-state index is 11.9. The SMILES string of the molecule is COc1ccccc1OCC(=O)NCCNc1nc2ccccc2s1. The summed E-state index contributed by atoms with van der Waals surface area (Å²) in [5, 5.41) is 6.87. The number of hydrogen-bond acceptors (Lipinski definition) is 6. The van der Waals surface area contributed by atoms with Gasteiger partial charge in [0, 0.05) is 13.1 Å². The van der Waals surface area contributed by atoms with Crippen molar-refractivity contribution < 1.29 is 14.3 Å². The number of carbonyl (C=O) groups excluding carboxylic acids is 1. The molecule has 1 heterocycles. The highest BCUT2D eigenvalue weighted by atomic mass is 32.1. The second kappa shape index (κ2) is 8.34. The molecule has 7 heteroatoms. The first-order valence-corrected chi connectivity index (χ1v) is 8.70. The molecule has 3 rings (SSSR count). The lowest BCUT2D eigenvalue weighted by Gasteiger charge is -2.10. The molecule has 0 saturated heterocycles. The molecule has 0 radical (unpaired) electrons. The highest BCUT2D eigenvalue weighted by Crippen LogP contribution is 2.26. The largest absolute Gasteiger partial charge is 0.493 e. The first-order valence-electron chi connectivity index (χ1n) is 7.88. The molecule has 0 unspecified atom stereocenters. The molecule has 2 N–H and O–H groups in total. The quantitative estimate of drug-likeness (QED) is 0.607. The van der Waals surface area contributed by atoms with Gasteiger partial charge in [0.25, 0.3) is 5.91 Å². The van der Waals surface area contributed by atoms with Gasteiger partial charge >= 0.3 is 0 Å². The van der Waals surface area contributed by atoms with E-state index >= 15 is 0 Å². The van der Waals surface area contributed by atoms with Crippen LogP contribution in [-0.2, 0) is 4.79 Å². The molecule has 0 saturated carbocycles. The number of methoxy groups -OCH3 is 1. The number of nitrogens with zero attached hydrogens (tertiary/aromatic N) is 1. The lowest BCUT2D eigenvalue weighted by atomic mass is 10.3. The Balaban J connectivity index is 1.39. The molecule has 1 aromatic heterocycles. The molecule has 3 aromatic rings. The maximum Gasteiger partial charge on any atom is 0.258 e. The fourth-order valence-corrected chi connectivity index (χ4v) is 3.14. The number of aromatic nitrogens is 1. The van der Waals surface area contributed by atoms with Crippen molar-refractivity contribution in [3.05, 3.63) is 48.5 Å². The Hall–Kier alpha value is -2.80. The fourth-order valence-electron chi connectivity index (χ4n) is 2.25. The lowest BCUT2D eigenvalue weighted by Crippen LogP contribution is -2.32. The average Bonchev–Trinajstić information content (AvgIpc) is 3.06. The molecule has 1 amide bonds. The van der Waals surface area contributed by atoms with Crippen molar-refractivity contribution in [1.29, 1.82) is 0 Å². The van der Waals surface area contributed by atoms with Crippen molar-refractivity contribution in [2.75, 3.05) is 32.1 Å². The predicted octanol–water partition coefficient (Wildman–Crippen LogP) is 2.91. The Labute approximate surface area is 149 Å². The van der Waals surface area contributed by atoms with Gasteiger partial charge in [-0.15, -0.1) is 0 Å². The summed E-state index contributed by atoms with van der Waals surface area (Å²) >= 11 is 1.59. The monoisotopic (exact) mass is 357 g/mol. The Morgan fingerprint density at radius 2 is 1.84 bits per heavy atom. The third-order valence-corrected chi connectivity index (χ3v) is 4.44. The summed E-state index contributed by atoms with van der Waals surface area (Å²) in [5.74, 6) is 0.970. The first-order chi connectivity index (χ1) is 12.3. The summed E-state index contributed by atoms with van der Waals surface area (Å²) in [6, 6.07) is 15.2. The number of amides is 1.